The summed E-state index contributed by atoms with van der Waals surface area (Å²) < 4.78 is 21.9. The quantitative estimate of drug-likeness (QED) is 0.179. The number of hydrogen-bond donors (Lipinski definition) is 0. The van der Waals surface area contributed by atoms with Gasteiger partial charge in [0.1, 0.15) is 23.3 Å². The van der Waals surface area contributed by atoms with E-state index in [0.29, 0.717) is 43.4 Å². The van der Waals surface area contributed by atoms with Crippen LogP contribution < -0.4 is 0 Å². The van der Waals surface area contributed by atoms with Crippen molar-refractivity contribution in [3.8, 4) is 11.1 Å². The number of ether oxygens (including phenoxy) is 4. The van der Waals surface area contributed by atoms with Crippen molar-refractivity contribution < 1.29 is 47.7 Å². The molecule has 0 aromatic heterocycles. The molecule has 2 aliphatic carbocycles. The number of amides is 2. The number of hydrogen-bond acceptors (Lipinski definition) is 10. The van der Waals surface area contributed by atoms with Gasteiger partial charge in [-0.3, -0.25) is 19.4 Å². The number of carbonyl (C=O) groups excluding carboxylic acids is 6. The van der Waals surface area contributed by atoms with E-state index in [1.165, 1.54) is 9.80 Å². The van der Waals surface area contributed by atoms with Crippen LogP contribution in [0.15, 0.2) is 36.4 Å². The van der Waals surface area contributed by atoms with Gasteiger partial charge in [0.25, 0.3) is 0 Å². The fourth-order valence-electron chi connectivity index (χ4n) is 7.78. The van der Waals surface area contributed by atoms with Crippen molar-refractivity contribution >= 4 is 35.7 Å². The summed E-state index contributed by atoms with van der Waals surface area (Å²) in [5.41, 5.74) is 3.26. The molecule has 2 aromatic rings. The molecule has 0 radical (unpaired) electrons. The third kappa shape index (κ3) is 8.00. The van der Waals surface area contributed by atoms with E-state index in [2.05, 4.69) is 0 Å². The van der Waals surface area contributed by atoms with E-state index in [0.717, 1.165) is 41.5 Å². The number of esters is 2. The molecule has 2 heterocycles. The Hall–Kier alpha value is -4.74. The van der Waals surface area contributed by atoms with Gasteiger partial charge in [0.2, 0.25) is 0 Å². The number of rotatable bonds is 8. The number of benzene rings is 2. The Kier molecular flexibility index (Phi) is 10.2. The summed E-state index contributed by atoms with van der Waals surface area (Å²) >= 11 is 0. The van der Waals surface area contributed by atoms with E-state index in [1.807, 2.05) is 24.3 Å². The van der Waals surface area contributed by atoms with E-state index >= 15 is 0 Å². The van der Waals surface area contributed by atoms with Crippen LogP contribution in [0, 0.1) is 5.92 Å². The molecule has 4 atom stereocenters. The van der Waals surface area contributed by atoms with Gasteiger partial charge in [-0.2, -0.15) is 0 Å². The number of aryl methyl sites for hydroxylation is 2. The lowest BCUT2D eigenvalue weighted by atomic mass is 9.83. The van der Waals surface area contributed by atoms with Gasteiger partial charge in [0, 0.05) is 23.7 Å². The van der Waals surface area contributed by atoms with Crippen LogP contribution in [0.25, 0.3) is 11.1 Å². The molecular weight excluding hydrogens is 668 g/mol. The Balaban J connectivity index is 1.04. The summed E-state index contributed by atoms with van der Waals surface area (Å²) in [6.07, 6.45) is 3.60. The molecule has 2 aromatic carbocycles. The molecule has 52 heavy (non-hydrogen) atoms. The summed E-state index contributed by atoms with van der Waals surface area (Å²) in [7, 11) is 0. The van der Waals surface area contributed by atoms with Crippen LogP contribution >= 0.6 is 0 Å². The predicted octanol–water partition coefficient (Wildman–Crippen LogP) is 6.09. The summed E-state index contributed by atoms with van der Waals surface area (Å²) in [6, 6.07) is 9.15. The van der Waals surface area contributed by atoms with E-state index in [1.54, 1.807) is 53.7 Å². The highest BCUT2D eigenvalue weighted by atomic mass is 16.6. The number of Topliss-reactive ketones (excluding diaryl/α,β-unsaturated/α-hetero) is 2. The van der Waals surface area contributed by atoms with Crippen molar-refractivity contribution in [2.45, 2.75) is 116 Å². The van der Waals surface area contributed by atoms with Gasteiger partial charge in [-0.15, -0.1) is 0 Å². The molecule has 278 valence electrons. The molecule has 0 N–H and O–H groups in total. The standard InChI is InChI=1S/C40H48N2O10/c1-39(2,3)51-37(47)41-17-7-8-31(41)35(45)49-21-32(43)25-12-15-29-23(18-25)9-10-24-19-26(13-16-30(24)29)33(44)22-50-36(46)34-27-11-14-28(20-27)42(34)38(48)52-40(4,5)6/h12-13,15-16,18-19,27-28,31,34H,7-11,14,17,20-22H2,1-6H3/t27-,28+,31-,34-/m0/s1. The second-order valence-electron chi connectivity index (χ2n) is 16.2. The molecule has 12 heteroatoms. The first kappa shape index (κ1) is 37.0. The molecule has 2 amide bonds. The van der Waals surface area contributed by atoms with Crippen molar-refractivity contribution in [2.75, 3.05) is 19.8 Å². The molecular formula is C40H48N2O10. The lowest BCUT2D eigenvalue weighted by molar-refractivity contribution is -0.150. The van der Waals surface area contributed by atoms with Crippen molar-refractivity contribution in [1.82, 2.24) is 9.80 Å². The maximum atomic E-state index is 13.2. The topological polar surface area (TPSA) is 146 Å². The molecule has 0 unspecified atom stereocenters. The SMILES string of the molecule is CC(C)(C)OC(=O)N1CCC[C@H]1C(=O)OCC(=O)c1ccc2c(c1)CCc1cc(C(=O)COC(=O)[C@@H]3[C@H]4CC[C@H](C4)N3C(=O)OC(C)(C)C)ccc1-2. The van der Waals surface area contributed by atoms with Crippen molar-refractivity contribution in [3.05, 3.63) is 58.7 Å². The first-order valence-corrected chi connectivity index (χ1v) is 18.2. The number of likely N-dealkylation sites (tertiary alicyclic amines) is 2. The number of carbonyl (C=O) groups is 6. The molecule has 12 nitrogen and oxygen atoms in total. The molecule has 2 bridgehead atoms. The summed E-state index contributed by atoms with van der Waals surface area (Å²) in [5, 5.41) is 0. The number of fused-ring (bicyclic) bond motifs is 5. The van der Waals surface area contributed by atoms with Crippen molar-refractivity contribution in [1.29, 1.82) is 0 Å². The summed E-state index contributed by atoms with van der Waals surface area (Å²) in [5.74, 6) is -1.91. The number of piperidine rings is 1. The molecule has 3 fully saturated rings. The van der Waals surface area contributed by atoms with Crippen LogP contribution in [-0.4, -0.2) is 94.6 Å². The zero-order chi connectivity index (χ0) is 37.5. The van der Waals surface area contributed by atoms with Crippen LogP contribution in [0.2, 0.25) is 0 Å². The first-order valence-electron chi connectivity index (χ1n) is 18.2. The minimum Gasteiger partial charge on any atom is -0.456 e. The second kappa shape index (κ2) is 14.4. The maximum Gasteiger partial charge on any atom is 0.411 e. The molecule has 6 rings (SSSR count). The smallest absolute Gasteiger partial charge is 0.411 e. The van der Waals surface area contributed by atoms with Gasteiger partial charge < -0.3 is 18.9 Å². The van der Waals surface area contributed by atoms with Crippen LogP contribution in [0.1, 0.15) is 105 Å². The average molecular weight is 717 g/mol. The summed E-state index contributed by atoms with van der Waals surface area (Å²) in [4.78, 5) is 80.7. The third-order valence-electron chi connectivity index (χ3n) is 10.1. The fourth-order valence-corrected chi connectivity index (χ4v) is 7.78. The van der Waals surface area contributed by atoms with Gasteiger partial charge in [0.15, 0.2) is 24.8 Å². The normalized spacial score (nSPS) is 22.0. The predicted molar refractivity (Wildman–Crippen MR) is 189 cm³/mol. The zero-order valence-electron chi connectivity index (χ0n) is 30.8. The molecule has 0 spiro atoms. The molecule has 4 aliphatic rings. The highest BCUT2D eigenvalue weighted by Gasteiger charge is 2.53. The lowest BCUT2D eigenvalue weighted by Gasteiger charge is -2.35. The average Bonchev–Trinajstić information content (AvgIpc) is 3.84. The van der Waals surface area contributed by atoms with Gasteiger partial charge in [-0.25, -0.2) is 19.2 Å². The van der Waals surface area contributed by atoms with Crippen LogP contribution in [0.4, 0.5) is 9.59 Å². The zero-order valence-corrected chi connectivity index (χ0v) is 30.8. The van der Waals surface area contributed by atoms with Gasteiger partial charge in [0.05, 0.1) is 0 Å². The second-order valence-corrected chi connectivity index (χ2v) is 16.2. The first-order chi connectivity index (χ1) is 24.5. The summed E-state index contributed by atoms with van der Waals surface area (Å²) in [6.45, 7) is 10.1. The lowest BCUT2D eigenvalue weighted by Crippen LogP contribution is -2.51. The third-order valence-corrected chi connectivity index (χ3v) is 10.1. The Morgan fingerprint density at radius 2 is 1.23 bits per heavy atom. The Morgan fingerprint density at radius 3 is 1.79 bits per heavy atom. The van der Waals surface area contributed by atoms with Crippen molar-refractivity contribution in [3.63, 3.8) is 0 Å². The van der Waals surface area contributed by atoms with Crippen LogP contribution in [0.3, 0.4) is 0 Å². The number of nitrogens with zero attached hydrogens (tertiary/aromatic N) is 2. The molecule has 2 saturated heterocycles. The minimum atomic E-state index is -0.789. The maximum absolute atomic E-state index is 13.2. The monoisotopic (exact) mass is 716 g/mol. The Bertz CT molecular complexity index is 1790. The minimum absolute atomic E-state index is 0.0107. The molecule has 2 aliphatic heterocycles. The van der Waals surface area contributed by atoms with Gasteiger partial charge in [-0.1, -0.05) is 24.3 Å². The fraction of sp³-hybridized carbons (Fsp3) is 0.550. The number of ketones is 2. The Morgan fingerprint density at radius 1 is 0.692 bits per heavy atom. The van der Waals surface area contributed by atoms with E-state index < -0.39 is 60.6 Å². The van der Waals surface area contributed by atoms with E-state index in [4.69, 9.17) is 18.9 Å². The Labute approximate surface area is 304 Å². The van der Waals surface area contributed by atoms with Crippen LogP contribution in [-0.2, 0) is 41.4 Å². The largest absolute Gasteiger partial charge is 0.456 e. The van der Waals surface area contributed by atoms with Crippen LogP contribution in [0.5, 0.6) is 0 Å². The highest BCUT2D eigenvalue weighted by Crippen LogP contribution is 2.43. The van der Waals surface area contributed by atoms with E-state index in [-0.39, 0.29) is 23.5 Å². The highest BCUT2D eigenvalue weighted by molar-refractivity contribution is 6.00. The molecule has 1 saturated carbocycles. The van der Waals surface area contributed by atoms with Crippen molar-refractivity contribution in [2.24, 2.45) is 5.92 Å². The van der Waals surface area contributed by atoms with Gasteiger partial charge >= 0.3 is 24.1 Å². The van der Waals surface area contributed by atoms with E-state index in [9.17, 15) is 28.8 Å². The van der Waals surface area contributed by atoms with Gasteiger partial charge in [-0.05, 0) is 127 Å².